The SMILES string of the molecule is CN=C(NCC(c1cccc(F)c1)N(C)C)Nc1ccc(OC)c(OC)c1.I. The third-order valence-electron chi connectivity index (χ3n) is 4.19. The van der Waals surface area contributed by atoms with Gasteiger partial charge >= 0.3 is 0 Å². The molecule has 2 aromatic rings. The molecule has 0 aromatic heterocycles. The highest BCUT2D eigenvalue weighted by Gasteiger charge is 2.15. The fraction of sp³-hybridized carbons (Fsp3) is 0.350. The summed E-state index contributed by atoms with van der Waals surface area (Å²) in [5, 5.41) is 6.51. The molecule has 8 heteroatoms. The van der Waals surface area contributed by atoms with E-state index in [0.29, 0.717) is 24.0 Å². The van der Waals surface area contributed by atoms with Gasteiger partial charge < -0.3 is 25.0 Å². The van der Waals surface area contributed by atoms with Gasteiger partial charge in [-0.1, -0.05) is 12.1 Å². The number of nitrogens with one attached hydrogen (secondary N) is 2. The first-order valence-corrected chi connectivity index (χ1v) is 8.60. The van der Waals surface area contributed by atoms with E-state index in [4.69, 9.17) is 9.47 Å². The van der Waals surface area contributed by atoms with Crippen molar-refractivity contribution in [1.82, 2.24) is 10.2 Å². The lowest BCUT2D eigenvalue weighted by Gasteiger charge is -2.26. The predicted molar refractivity (Wildman–Crippen MR) is 123 cm³/mol. The van der Waals surface area contributed by atoms with Gasteiger partial charge in [-0.05, 0) is 43.9 Å². The Labute approximate surface area is 183 Å². The second-order valence-corrected chi connectivity index (χ2v) is 6.18. The molecule has 0 bridgehead atoms. The maximum absolute atomic E-state index is 13.6. The van der Waals surface area contributed by atoms with Crippen LogP contribution in [0.2, 0.25) is 0 Å². The third-order valence-corrected chi connectivity index (χ3v) is 4.19. The Kier molecular flexibility index (Phi) is 10.0. The molecule has 0 aliphatic rings. The first-order valence-electron chi connectivity index (χ1n) is 8.60. The molecule has 0 saturated carbocycles. The summed E-state index contributed by atoms with van der Waals surface area (Å²) < 4.78 is 24.2. The summed E-state index contributed by atoms with van der Waals surface area (Å²) in [6.45, 7) is 0.559. The Morgan fingerprint density at radius 2 is 1.82 bits per heavy atom. The lowest BCUT2D eigenvalue weighted by molar-refractivity contribution is 0.298. The van der Waals surface area contributed by atoms with Crippen LogP contribution < -0.4 is 20.1 Å². The number of anilines is 1. The van der Waals surface area contributed by atoms with Crippen LogP contribution in [-0.4, -0.2) is 52.8 Å². The van der Waals surface area contributed by atoms with E-state index in [9.17, 15) is 4.39 Å². The summed E-state index contributed by atoms with van der Waals surface area (Å²) in [5.41, 5.74) is 1.71. The van der Waals surface area contributed by atoms with Crippen LogP contribution in [0.3, 0.4) is 0 Å². The van der Waals surface area contributed by atoms with Gasteiger partial charge in [0.2, 0.25) is 0 Å². The zero-order chi connectivity index (χ0) is 19.8. The topological polar surface area (TPSA) is 58.1 Å². The molecule has 2 N–H and O–H groups in total. The molecule has 0 aliphatic carbocycles. The monoisotopic (exact) mass is 502 g/mol. The predicted octanol–water partition coefficient (Wildman–Crippen LogP) is 3.75. The zero-order valence-corrected chi connectivity index (χ0v) is 19.2. The van der Waals surface area contributed by atoms with Crippen molar-refractivity contribution in [1.29, 1.82) is 0 Å². The quantitative estimate of drug-likeness (QED) is 0.343. The first kappa shape index (κ1) is 24.0. The fourth-order valence-electron chi connectivity index (χ4n) is 2.74. The normalized spacial score (nSPS) is 12.2. The number of hydrogen-bond acceptors (Lipinski definition) is 4. The number of aliphatic imine (C=N–C) groups is 1. The minimum Gasteiger partial charge on any atom is -0.493 e. The van der Waals surface area contributed by atoms with Gasteiger partial charge in [0, 0.05) is 25.3 Å². The van der Waals surface area contributed by atoms with Crippen molar-refractivity contribution >= 4 is 35.6 Å². The molecule has 0 saturated heterocycles. The first-order chi connectivity index (χ1) is 13.0. The van der Waals surface area contributed by atoms with Gasteiger partial charge in [-0.3, -0.25) is 4.99 Å². The summed E-state index contributed by atoms with van der Waals surface area (Å²) in [5.74, 6) is 1.64. The number of likely N-dealkylation sites (N-methyl/N-ethyl adjacent to an activating group) is 1. The van der Waals surface area contributed by atoms with E-state index in [2.05, 4.69) is 15.6 Å². The van der Waals surface area contributed by atoms with E-state index < -0.39 is 0 Å². The summed E-state index contributed by atoms with van der Waals surface area (Å²) in [6.07, 6.45) is 0. The third kappa shape index (κ3) is 6.52. The number of ether oxygens (including phenoxy) is 2. The average Bonchev–Trinajstić information content (AvgIpc) is 2.66. The highest BCUT2D eigenvalue weighted by atomic mass is 127. The van der Waals surface area contributed by atoms with E-state index in [1.807, 2.05) is 43.3 Å². The van der Waals surface area contributed by atoms with Crippen LogP contribution in [0.25, 0.3) is 0 Å². The van der Waals surface area contributed by atoms with Gasteiger partial charge in [0.1, 0.15) is 5.82 Å². The van der Waals surface area contributed by atoms with Crippen LogP contribution in [0.15, 0.2) is 47.5 Å². The van der Waals surface area contributed by atoms with Crippen LogP contribution in [0.5, 0.6) is 11.5 Å². The van der Waals surface area contributed by atoms with Gasteiger partial charge in [0.25, 0.3) is 0 Å². The Balaban J connectivity index is 0.00000392. The second kappa shape index (κ2) is 11.7. The van der Waals surface area contributed by atoms with Crippen LogP contribution >= 0.6 is 24.0 Å². The molecule has 0 aliphatic heterocycles. The van der Waals surface area contributed by atoms with Gasteiger partial charge in [-0.15, -0.1) is 24.0 Å². The lowest BCUT2D eigenvalue weighted by Crippen LogP contribution is -2.38. The van der Waals surface area contributed by atoms with E-state index in [0.717, 1.165) is 11.3 Å². The number of benzene rings is 2. The minimum atomic E-state index is -0.243. The Bertz CT molecular complexity index is 787. The van der Waals surface area contributed by atoms with E-state index in [1.54, 1.807) is 33.4 Å². The Morgan fingerprint density at radius 3 is 2.39 bits per heavy atom. The minimum absolute atomic E-state index is 0. The van der Waals surface area contributed by atoms with Gasteiger partial charge in [-0.2, -0.15) is 0 Å². The van der Waals surface area contributed by atoms with Crippen molar-refractivity contribution in [3.8, 4) is 11.5 Å². The van der Waals surface area contributed by atoms with Crippen molar-refractivity contribution in [3.63, 3.8) is 0 Å². The lowest BCUT2D eigenvalue weighted by atomic mass is 10.1. The van der Waals surface area contributed by atoms with Gasteiger partial charge in [0.05, 0.1) is 20.3 Å². The van der Waals surface area contributed by atoms with E-state index >= 15 is 0 Å². The number of methoxy groups -OCH3 is 2. The van der Waals surface area contributed by atoms with Crippen LogP contribution in [0.1, 0.15) is 11.6 Å². The molecule has 0 spiro atoms. The second-order valence-electron chi connectivity index (χ2n) is 6.18. The largest absolute Gasteiger partial charge is 0.493 e. The number of halogens is 2. The molecule has 154 valence electrons. The molecule has 28 heavy (non-hydrogen) atoms. The van der Waals surface area contributed by atoms with Crippen molar-refractivity contribution in [3.05, 3.63) is 53.8 Å². The van der Waals surface area contributed by atoms with E-state index in [1.165, 1.54) is 6.07 Å². The number of nitrogens with zero attached hydrogens (tertiary/aromatic N) is 2. The molecule has 0 fully saturated rings. The fourth-order valence-corrected chi connectivity index (χ4v) is 2.74. The standard InChI is InChI=1S/C20H27FN4O2.HI/c1-22-20(24-16-9-10-18(26-4)19(12-16)27-5)23-13-17(25(2)3)14-7-6-8-15(21)11-14;/h6-12,17H,13H2,1-5H3,(H2,22,23,24);1H. The molecule has 2 rings (SSSR count). The number of hydrogen-bond donors (Lipinski definition) is 2. The van der Waals surface area contributed by atoms with E-state index in [-0.39, 0.29) is 35.8 Å². The maximum atomic E-state index is 13.6. The highest BCUT2D eigenvalue weighted by Crippen LogP contribution is 2.29. The molecule has 0 amide bonds. The summed E-state index contributed by atoms with van der Waals surface area (Å²) in [4.78, 5) is 6.29. The molecular weight excluding hydrogens is 474 g/mol. The summed E-state index contributed by atoms with van der Waals surface area (Å²) in [7, 11) is 8.81. The van der Waals surface area contributed by atoms with Crippen LogP contribution in [0.4, 0.5) is 10.1 Å². The van der Waals surface area contributed by atoms with Crippen molar-refractivity contribution in [2.45, 2.75) is 6.04 Å². The van der Waals surface area contributed by atoms with Crippen molar-refractivity contribution in [2.24, 2.45) is 4.99 Å². The van der Waals surface area contributed by atoms with Crippen LogP contribution in [-0.2, 0) is 0 Å². The molecule has 2 aromatic carbocycles. The Morgan fingerprint density at radius 1 is 1.11 bits per heavy atom. The summed E-state index contributed by atoms with van der Waals surface area (Å²) >= 11 is 0. The smallest absolute Gasteiger partial charge is 0.195 e. The molecule has 1 atom stereocenters. The maximum Gasteiger partial charge on any atom is 0.195 e. The average molecular weight is 502 g/mol. The molecule has 6 nitrogen and oxygen atoms in total. The van der Waals surface area contributed by atoms with Crippen molar-refractivity contribution < 1.29 is 13.9 Å². The Hall–Kier alpha value is -2.07. The zero-order valence-electron chi connectivity index (χ0n) is 16.8. The van der Waals surface area contributed by atoms with Crippen molar-refractivity contribution in [2.75, 3.05) is 47.2 Å². The van der Waals surface area contributed by atoms with Gasteiger partial charge in [0.15, 0.2) is 17.5 Å². The molecule has 0 heterocycles. The number of rotatable bonds is 7. The van der Waals surface area contributed by atoms with Crippen LogP contribution in [0, 0.1) is 5.82 Å². The molecular formula is C20H28FIN4O2. The summed E-state index contributed by atoms with van der Waals surface area (Å²) in [6, 6.07) is 12.2. The van der Waals surface area contributed by atoms with Gasteiger partial charge in [-0.25, -0.2) is 4.39 Å². The highest BCUT2D eigenvalue weighted by molar-refractivity contribution is 14.0. The molecule has 1 unspecified atom stereocenters. The number of guanidine groups is 1. The molecule has 0 radical (unpaired) electrons.